The average molecular weight is 147 g/mol. The molecule has 0 atom stereocenters. The van der Waals surface area contributed by atoms with Gasteiger partial charge < -0.3 is 5.73 Å². The van der Waals surface area contributed by atoms with Crippen LogP contribution in [0.25, 0.3) is 10.9 Å². The Morgan fingerprint density at radius 2 is 2.09 bits per heavy atom. The molecule has 0 amide bonds. The van der Waals surface area contributed by atoms with Crippen molar-refractivity contribution in [2.45, 2.75) is 0 Å². The molecule has 3 heteroatoms. The van der Waals surface area contributed by atoms with Crippen molar-refractivity contribution in [3.63, 3.8) is 0 Å². The first-order chi connectivity index (χ1) is 5.29. The van der Waals surface area contributed by atoms with Crippen molar-refractivity contribution in [1.82, 2.24) is 9.78 Å². The molecule has 0 aliphatic rings. The molecule has 0 spiro atoms. The maximum atomic E-state index is 5.74. The van der Waals surface area contributed by atoms with Gasteiger partial charge in [0.1, 0.15) is 5.82 Å². The van der Waals surface area contributed by atoms with Gasteiger partial charge in [-0.3, -0.25) is 4.68 Å². The molecule has 1 aromatic carbocycles. The van der Waals surface area contributed by atoms with Crippen LogP contribution in [0.2, 0.25) is 0 Å². The van der Waals surface area contributed by atoms with Crippen molar-refractivity contribution in [3.8, 4) is 0 Å². The van der Waals surface area contributed by atoms with Crippen LogP contribution in [-0.2, 0) is 7.05 Å². The first kappa shape index (κ1) is 6.22. The third-order valence-corrected chi connectivity index (χ3v) is 1.79. The molecule has 0 fully saturated rings. The molecule has 2 N–H and O–H groups in total. The van der Waals surface area contributed by atoms with Gasteiger partial charge in [0, 0.05) is 12.4 Å². The van der Waals surface area contributed by atoms with Gasteiger partial charge in [-0.05, 0) is 12.1 Å². The molecule has 2 rings (SSSR count). The second-order valence-electron chi connectivity index (χ2n) is 2.53. The first-order valence-electron chi connectivity index (χ1n) is 3.46. The number of fused-ring (bicyclic) bond motifs is 1. The summed E-state index contributed by atoms with van der Waals surface area (Å²) in [5, 5.41) is 5.23. The lowest BCUT2D eigenvalue weighted by Gasteiger charge is -1.90. The molecule has 0 radical (unpaired) electrons. The summed E-state index contributed by atoms with van der Waals surface area (Å²) >= 11 is 0. The second kappa shape index (κ2) is 1.99. The number of nitrogens with two attached hydrogens (primary N) is 1. The quantitative estimate of drug-likeness (QED) is 0.607. The third-order valence-electron chi connectivity index (χ3n) is 1.79. The van der Waals surface area contributed by atoms with E-state index in [9.17, 15) is 0 Å². The number of hydrogen-bond acceptors (Lipinski definition) is 2. The second-order valence-corrected chi connectivity index (χ2v) is 2.53. The predicted octanol–water partition coefficient (Wildman–Crippen LogP) is 1.16. The van der Waals surface area contributed by atoms with Crippen molar-refractivity contribution in [2.75, 3.05) is 5.73 Å². The lowest BCUT2D eigenvalue weighted by atomic mass is 10.2. The maximum Gasteiger partial charge on any atom is 0.129 e. The lowest BCUT2D eigenvalue weighted by molar-refractivity contribution is 0.791. The van der Waals surface area contributed by atoms with Crippen LogP contribution in [0.4, 0.5) is 5.82 Å². The van der Waals surface area contributed by atoms with Gasteiger partial charge in [0.2, 0.25) is 0 Å². The molecule has 1 heterocycles. The minimum absolute atomic E-state index is 0.723. The van der Waals surface area contributed by atoms with Gasteiger partial charge in [0.05, 0.1) is 5.52 Å². The van der Waals surface area contributed by atoms with Crippen LogP contribution in [0.5, 0.6) is 0 Å². The molecule has 11 heavy (non-hydrogen) atoms. The summed E-state index contributed by atoms with van der Waals surface area (Å²) < 4.78 is 1.69. The van der Waals surface area contributed by atoms with E-state index in [1.54, 1.807) is 4.68 Å². The highest BCUT2D eigenvalue weighted by Gasteiger charge is 2.01. The zero-order valence-corrected chi connectivity index (χ0v) is 6.28. The van der Waals surface area contributed by atoms with Crippen LogP contribution in [0, 0.1) is 0 Å². The van der Waals surface area contributed by atoms with Crippen LogP contribution in [-0.4, -0.2) is 9.78 Å². The molecular weight excluding hydrogens is 138 g/mol. The highest BCUT2D eigenvalue weighted by Crippen LogP contribution is 2.17. The van der Waals surface area contributed by atoms with Gasteiger partial charge in [-0.2, -0.15) is 5.10 Å². The molecule has 0 unspecified atom stereocenters. The normalized spacial score (nSPS) is 10.6. The van der Waals surface area contributed by atoms with E-state index >= 15 is 0 Å². The van der Waals surface area contributed by atoms with E-state index in [-0.39, 0.29) is 0 Å². The van der Waals surface area contributed by atoms with E-state index in [1.165, 1.54) is 0 Å². The summed E-state index contributed by atoms with van der Waals surface area (Å²) in [4.78, 5) is 0. The first-order valence-corrected chi connectivity index (χ1v) is 3.46. The Kier molecular flexibility index (Phi) is 1.12. The summed E-state index contributed by atoms with van der Waals surface area (Å²) in [6.07, 6.45) is 0. The van der Waals surface area contributed by atoms with Gasteiger partial charge in [-0.15, -0.1) is 0 Å². The Morgan fingerprint density at radius 3 is 2.82 bits per heavy atom. The van der Waals surface area contributed by atoms with Crippen molar-refractivity contribution >= 4 is 16.7 Å². The largest absolute Gasteiger partial charge is 0.383 e. The van der Waals surface area contributed by atoms with Crippen molar-refractivity contribution in [3.05, 3.63) is 24.3 Å². The van der Waals surface area contributed by atoms with E-state index in [2.05, 4.69) is 5.10 Å². The van der Waals surface area contributed by atoms with Crippen LogP contribution >= 0.6 is 0 Å². The SMILES string of the molecule is Cn1nc2ccccc2c1N. The number of hydrogen-bond donors (Lipinski definition) is 1. The van der Waals surface area contributed by atoms with Gasteiger partial charge in [-0.25, -0.2) is 0 Å². The Hall–Kier alpha value is -1.51. The molecule has 0 bridgehead atoms. The summed E-state index contributed by atoms with van der Waals surface area (Å²) in [5.41, 5.74) is 6.69. The van der Waals surface area contributed by atoms with Gasteiger partial charge in [0.15, 0.2) is 0 Å². The Labute approximate surface area is 64.4 Å². The topological polar surface area (TPSA) is 43.8 Å². The van der Waals surface area contributed by atoms with Crippen LogP contribution < -0.4 is 5.73 Å². The number of benzene rings is 1. The van der Waals surface area contributed by atoms with Crippen molar-refractivity contribution in [1.29, 1.82) is 0 Å². The lowest BCUT2D eigenvalue weighted by Crippen LogP contribution is -1.96. The fourth-order valence-corrected chi connectivity index (χ4v) is 1.17. The maximum absolute atomic E-state index is 5.74. The average Bonchev–Trinajstić information content (AvgIpc) is 2.30. The molecule has 56 valence electrons. The Bertz CT molecular complexity index is 389. The van der Waals surface area contributed by atoms with Crippen molar-refractivity contribution < 1.29 is 0 Å². The summed E-state index contributed by atoms with van der Waals surface area (Å²) in [6, 6.07) is 7.83. The van der Waals surface area contributed by atoms with E-state index in [0.29, 0.717) is 0 Å². The number of nitrogen functional groups attached to an aromatic ring is 1. The molecule has 2 aromatic rings. The minimum atomic E-state index is 0.723. The Morgan fingerprint density at radius 1 is 1.36 bits per heavy atom. The highest BCUT2D eigenvalue weighted by atomic mass is 15.3. The van der Waals surface area contributed by atoms with E-state index < -0.39 is 0 Å². The molecular formula is C8H9N3. The van der Waals surface area contributed by atoms with Gasteiger partial charge in [-0.1, -0.05) is 12.1 Å². The molecule has 1 aromatic heterocycles. The summed E-state index contributed by atoms with van der Waals surface area (Å²) in [6.45, 7) is 0. The number of nitrogens with zero attached hydrogens (tertiary/aromatic N) is 2. The van der Waals surface area contributed by atoms with Crippen LogP contribution in [0.15, 0.2) is 24.3 Å². The van der Waals surface area contributed by atoms with Gasteiger partial charge in [0.25, 0.3) is 0 Å². The van der Waals surface area contributed by atoms with E-state index in [0.717, 1.165) is 16.7 Å². The number of rotatable bonds is 0. The minimum Gasteiger partial charge on any atom is -0.383 e. The van der Waals surface area contributed by atoms with Gasteiger partial charge >= 0.3 is 0 Å². The molecule has 0 saturated heterocycles. The zero-order chi connectivity index (χ0) is 7.84. The Balaban J connectivity index is 2.92. The summed E-state index contributed by atoms with van der Waals surface area (Å²) in [5.74, 6) is 0.723. The third kappa shape index (κ3) is 0.774. The molecule has 0 aliphatic heterocycles. The standard InChI is InChI=1S/C8H9N3/c1-11-8(9)6-4-2-3-5-7(6)10-11/h2-5H,9H2,1H3. The van der Waals surface area contributed by atoms with E-state index in [4.69, 9.17) is 5.73 Å². The van der Waals surface area contributed by atoms with Crippen molar-refractivity contribution in [2.24, 2.45) is 7.05 Å². The van der Waals surface area contributed by atoms with Crippen LogP contribution in [0.1, 0.15) is 0 Å². The highest BCUT2D eigenvalue weighted by molar-refractivity contribution is 5.88. The summed E-state index contributed by atoms with van der Waals surface area (Å²) in [7, 11) is 1.84. The monoisotopic (exact) mass is 147 g/mol. The predicted molar refractivity (Wildman–Crippen MR) is 45.1 cm³/mol. The molecule has 3 nitrogen and oxygen atoms in total. The fraction of sp³-hybridized carbons (Fsp3) is 0.125. The number of aryl methyl sites for hydroxylation is 1. The number of anilines is 1. The fourth-order valence-electron chi connectivity index (χ4n) is 1.17. The molecule has 0 saturated carbocycles. The zero-order valence-electron chi connectivity index (χ0n) is 6.28. The smallest absolute Gasteiger partial charge is 0.129 e. The van der Waals surface area contributed by atoms with Crippen LogP contribution in [0.3, 0.4) is 0 Å². The number of aromatic nitrogens is 2. The molecule has 0 aliphatic carbocycles. The van der Waals surface area contributed by atoms with E-state index in [1.807, 2.05) is 31.3 Å².